The van der Waals surface area contributed by atoms with Crippen molar-refractivity contribution in [2.75, 3.05) is 0 Å². The van der Waals surface area contributed by atoms with Gasteiger partial charge >= 0.3 is 0 Å². The number of terminal acetylenes is 1. The molecular weight excluding hydrogens is 335 g/mol. The summed E-state index contributed by atoms with van der Waals surface area (Å²) in [7, 11) is 0. The van der Waals surface area contributed by atoms with Crippen LogP contribution in [0.4, 0.5) is 4.39 Å². The summed E-state index contributed by atoms with van der Waals surface area (Å²) < 4.78 is 16.5. The zero-order valence-electron chi connectivity index (χ0n) is 14.0. The second-order valence-corrected chi connectivity index (χ2v) is 6.88. The van der Waals surface area contributed by atoms with E-state index in [0.717, 1.165) is 16.7 Å². The first-order valence-corrected chi connectivity index (χ1v) is 8.66. The fourth-order valence-corrected chi connectivity index (χ4v) is 3.77. The molecule has 0 unspecified atom stereocenters. The lowest BCUT2D eigenvalue weighted by molar-refractivity contribution is -0.117. The van der Waals surface area contributed by atoms with Gasteiger partial charge in [-0.05, 0) is 37.1 Å². The Balaban J connectivity index is 2.04. The van der Waals surface area contributed by atoms with Crippen LogP contribution in [0.2, 0.25) is 0 Å². The van der Waals surface area contributed by atoms with Crippen molar-refractivity contribution < 1.29 is 9.18 Å². The summed E-state index contributed by atoms with van der Waals surface area (Å²) in [5.74, 6) is 1.86. The third-order valence-corrected chi connectivity index (χ3v) is 5.01. The van der Waals surface area contributed by atoms with Crippen LogP contribution in [0.5, 0.6) is 0 Å². The molecular formula is C20H17FN2OS. The van der Waals surface area contributed by atoms with Crippen LogP contribution < -0.4 is 4.80 Å². The van der Waals surface area contributed by atoms with Crippen molar-refractivity contribution in [2.45, 2.75) is 26.8 Å². The van der Waals surface area contributed by atoms with Gasteiger partial charge in [-0.2, -0.15) is 4.99 Å². The molecule has 0 aliphatic rings. The Bertz CT molecular complexity index is 1070. The number of aryl methyl sites for hydroxylation is 2. The van der Waals surface area contributed by atoms with Gasteiger partial charge in [-0.1, -0.05) is 47.1 Å². The zero-order chi connectivity index (χ0) is 18.0. The fourth-order valence-electron chi connectivity index (χ4n) is 2.71. The van der Waals surface area contributed by atoms with E-state index in [0.29, 0.717) is 15.0 Å². The van der Waals surface area contributed by atoms with Crippen molar-refractivity contribution in [2.24, 2.45) is 4.99 Å². The average molecular weight is 352 g/mol. The van der Waals surface area contributed by atoms with Crippen LogP contribution in [0.25, 0.3) is 10.2 Å². The van der Waals surface area contributed by atoms with Crippen molar-refractivity contribution in [3.8, 4) is 12.3 Å². The number of fused-ring (bicyclic) bond motifs is 1. The molecule has 2 aromatic carbocycles. The van der Waals surface area contributed by atoms with E-state index in [1.807, 2.05) is 32.0 Å². The highest BCUT2D eigenvalue weighted by Crippen LogP contribution is 2.20. The maximum Gasteiger partial charge on any atom is 0.252 e. The number of amides is 1. The number of hydrogen-bond donors (Lipinski definition) is 0. The van der Waals surface area contributed by atoms with E-state index < -0.39 is 0 Å². The molecule has 0 radical (unpaired) electrons. The summed E-state index contributed by atoms with van der Waals surface area (Å²) in [6, 6.07) is 10.8. The molecule has 0 atom stereocenters. The fraction of sp³-hybridized carbons (Fsp3) is 0.200. The maximum absolute atomic E-state index is 14.2. The molecule has 1 aromatic heterocycles. The molecule has 0 bridgehead atoms. The summed E-state index contributed by atoms with van der Waals surface area (Å²) in [6.45, 7) is 4.12. The topological polar surface area (TPSA) is 34.4 Å². The number of benzene rings is 2. The standard InChI is InChI=1S/C20H17FN2OS/c1-4-10-23-19-16(21)6-5-7-17(19)25-20(23)22-18(24)12-15-11-13(2)8-9-14(15)3/h1,5-9,11H,10,12H2,2-3H3. The van der Waals surface area contributed by atoms with Gasteiger partial charge in [-0.3, -0.25) is 4.79 Å². The number of carbonyl (C=O) groups is 1. The first-order chi connectivity index (χ1) is 12.0. The average Bonchev–Trinajstić information content (AvgIpc) is 2.90. The second kappa shape index (κ2) is 7.04. The minimum absolute atomic E-state index is 0.163. The summed E-state index contributed by atoms with van der Waals surface area (Å²) >= 11 is 1.26. The summed E-state index contributed by atoms with van der Waals surface area (Å²) in [5, 5.41) is 0. The molecule has 0 aliphatic carbocycles. The lowest BCUT2D eigenvalue weighted by atomic mass is 10.0. The van der Waals surface area contributed by atoms with Gasteiger partial charge in [0.25, 0.3) is 5.91 Å². The van der Waals surface area contributed by atoms with Crippen molar-refractivity contribution in [3.05, 3.63) is 63.7 Å². The van der Waals surface area contributed by atoms with Crippen LogP contribution in [0.15, 0.2) is 41.4 Å². The van der Waals surface area contributed by atoms with Gasteiger partial charge in [0.2, 0.25) is 0 Å². The lowest BCUT2D eigenvalue weighted by Gasteiger charge is -2.04. The van der Waals surface area contributed by atoms with Gasteiger partial charge in [0, 0.05) is 0 Å². The van der Waals surface area contributed by atoms with E-state index in [1.54, 1.807) is 16.7 Å². The highest BCUT2D eigenvalue weighted by atomic mass is 32.1. The Morgan fingerprint density at radius 2 is 2.12 bits per heavy atom. The van der Waals surface area contributed by atoms with Crippen molar-refractivity contribution >= 4 is 27.5 Å². The van der Waals surface area contributed by atoms with E-state index >= 15 is 0 Å². The van der Waals surface area contributed by atoms with E-state index in [9.17, 15) is 9.18 Å². The molecule has 3 aromatic rings. The third kappa shape index (κ3) is 3.54. The predicted molar refractivity (Wildman–Crippen MR) is 98.8 cm³/mol. The number of nitrogens with zero attached hydrogens (tertiary/aromatic N) is 2. The van der Waals surface area contributed by atoms with E-state index in [-0.39, 0.29) is 24.7 Å². The number of rotatable bonds is 3. The van der Waals surface area contributed by atoms with Crippen LogP contribution in [-0.4, -0.2) is 10.5 Å². The summed E-state index contributed by atoms with van der Waals surface area (Å²) in [4.78, 5) is 17.1. The quantitative estimate of drug-likeness (QED) is 0.661. The second-order valence-electron chi connectivity index (χ2n) is 5.87. The monoisotopic (exact) mass is 352 g/mol. The Hall–Kier alpha value is -2.71. The van der Waals surface area contributed by atoms with Gasteiger partial charge < -0.3 is 4.57 Å². The van der Waals surface area contributed by atoms with Crippen LogP contribution in [0.3, 0.4) is 0 Å². The molecule has 0 N–H and O–H groups in total. The molecule has 0 spiro atoms. The molecule has 3 rings (SSSR count). The Morgan fingerprint density at radius 1 is 1.32 bits per heavy atom. The number of aromatic nitrogens is 1. The van der Waals surface area contributed by atoms with Crippen LogP contribution in [0, 0.1) is 32.0 Å². The van der Waals surface area contributed by atoms with Crippen molar-refractivity contribution in [1.29, 1.82) is 0 Å². The maximum atomic E-state index is 14.2. The smallest absolute Gasteiger partial charge is 0.252 e. The highest BCUT2D eigenvalue weighted by Gasteiger charge is 2.12. The van der Waals surface area contributed by atoms with Gasteiger partial charge in [0.1, 0.15) is 5.82 Å². The molecule has 25 heavy (non-hydrogen) atoms. The predicted octanol–water partition coefficient (Wildman–Crippen LogP) is 3.76. The Labute approximate surface area is 149 Å². The lowest BCUT2D eigenvalue weighted by Crippen LogP contribution is -2.17. The van der Waals surface area contributed by atoms with Gasteiger partial charge in [0.15, 0.2) is 4.80 Å². The SMILES string of the molecule is C#CCn1c(=NC(=O)Cc2cc(C)ccc2C)sc2cccc(F)c21. The molecule has 1 amide bonds. The summed E-state index contributed by atoms with van der Waals surface area (Å²) in [6.07, 6.45) is 5.61. The molecule has 126 valence electrons. The zero-order valence-corrected chi connectivity index (χ0v) is 14.9. The van der Waals surface area contributed by atoms with E-state index in [1.165, 1.54) is 17.4 Å². The Kier molecular flexibility index (Phi) is 4.82. The van der Waals surface area contributed by atoms with E-state index in [2.05, 4.69) is 10.9 Å². The number of halogens is 1. The molecule has 0 saturated carbocycles. The van der Waals surface area contributed by atoms with Gasteiger partial charge in [-0.15, -0.1) is 6.42 Å². The molecule has 0 saturated heterocycles. The Morgan fingerprint density at radius 3 is 2.88 bits per heavy atom. The number of para-hydroxylation sites is 1. The number of carbonyl (C=O) groups excluding carboxylic acids is 1. The first-order valence-electron chi connectivity index (χ1n) is 7.84. The highest BCUT2D eigenvalue weighted by molar-refractivity contribution is 7.16. The molecule has 5 heteroatoms. The van der Waals surface area contributed by atoms with Crippen LogP contribution in [0.1, 0.15) is 16.7 Å². The minimum atomic E-state index is -0.368. The first kappa shape index (κ1) is 17.1. The minimum Gasteiger partial charge on any atom is -0.302 e. The summed E-state index contributed by atoms with van der Waals surface area (Å²) in [5.41, 5.74) is 3.49. The van der Waals surface area contributed by atoms with Crippen LogP contribution in [-0.2, 0) is 17.8 Å². The number of thiazole rings is 1. The third-order valence-electron chi connectivity index (χ3n) is 3.97. The van der Waals surface area contributed by atoms with Gasteiger partial charge in [-0.25, -0.2) is 4.39 Å². The molecule has 0 aliphatic heterocycles. The molecule has 1 heterocycles. The van der Waals surface area contributed by atoms with Crippen molar-refractivity contribution in [1.82, 2.24) is 4.57 Å². The number of hydrogen-bond acceptors (Lipinski definition) is 2. The largest absolute Gasteiger partial charge is 0.302 e. The molecule has 0 fully saturated rings. The van der Waals surface area contributed by atoms with Crippen molar-refractivity contribution in [3.63, 3.8) is 0 Å². The van der Waals surface area contributed by atoms with Gasteiger partial charge in [0.05, 0.1) is 23.2 Å². The van der Waals surface area contributed by atoms with Crippen LogP contribution >= 0.6 is 11.3 Å². The normalized spacial score (nSPS) is 11.7. The van der Waals surface area contributed by atoms with E-state index in [4.69, 9.17) is 6.42 Å². The molecule has 3 nitrogen and oxygen atoms in total.